The summed E-state index contributed by atoms with van der Waals surface area (Å²) in [6, 6.07) is 11.9. The Labute approximate surface area is 172 Å². The second-order valence-corrected chi connectivity index (χ2v) is 7.90. The molecule has 0 aliphatic rings. The van der Waals surface area contributed by atoms with Crippen LogP contribution in [-0.2, 0) is 14.8 Å². The van der Waals surface area contributed by atoms with Crippen molar-refractivity contribution in [3.8, 4) is 5.75 Å². The first-order valence-corrected chi connectivity index (χ1v) is 10.1. The molecule has 0 aliphatic heterocycles. The molecule has 0 saturated heterocycles. The highest BCUT2D eigenvalue weighted by molar-refractivity contribution is 7.89. The van der Waals surface area contributed by atoms with Gasteiger partial charge >= 0.3 is 0 Å². The molecule has 0 unspecified atom stereocenters. The second kappa shape index (κ2) is 11.0. The number of aryl methyl sites for hydroxylation is 2. The highest BCUT2D eigenvalue weighted by Crippen LogP contribution is 2.19. The number of rotatable bonds is 9. The maximum atomic E-state index is 12.1. The SMILES string of the molecule is Cc1ccc(OCCC(=O)Nc2cccc(S(=O)(=O)NCCN)c2)c(C)c1.Cl. The number of benzene rings is 2. The molecule has 0 fully saturated rings. The third-order valence-corrected chi connectivity index (χ3v) is 5.24. The van der Waals surface area contributed by atoms with Crippen LogP contribution in [0.15, 0.2) is 47.4 Å². The van der Waals surface area contributed by atoms with Crippen LogP contribution in [0.2, 0.25) is 0 Å². The number of hydrogen-bond acceptors (Lipinski definition) is 5. The average molecular weight is 428 g/mol. The van der Waals surface area contributed by atoms with Gasteiger partial charge in [-0.1, -0.05) is 23.8 Å². The molecule has 4 N–H and O–H groups in total. The summed E-state index contributed by atoms with van der Waals surface area (Å²) in [5, 5.41) is 2.68. The molecule has 0 aliphatic carbocycles. The Morgan fingerprint density at radius 2 is 1.89 bits per heavy atom. The summed E-state index contributed by atoms with van der Waals surface area (Å²) in [6.07, 6.45) is 0.149. The van der Waals surface area contributed by atoms with Crippen molar-refractivity contribution in [2.45, 2.75) is 25.2 Å². The Morgan fingerprint density at radius 1 is 1.14 bits per heavy atom. The van der Waals surface area contributed by atoms with Crippen LogP contribution >= 0.6 is 12.4 Å². The van der Waals surface area contributed by atoms with E-state index in [2.05, 4.69) is 10.0 Å². The van der Waals surface area contributed by atoms with Gasteiger partial charge in [0, 0.05) is 18.8 Å². The molecular weight excluding hydrogens is 402 g/mol. The number of sulfonamides is 1. The van der Waals surface area contributed by atoms with Gasteiger partial charge in [0.15, 0.2) is 0 Å². The molecule has 0 spiro atoms. The largest absolute Gasteiger partial charge is 0.493 e. The number of anilines is 1. The van der Waals surface area contributed by atoms with Gasteiger partial charge in [0.05, 0.1) is 17.9 Å². The van der Waals surface area contributed by atoms with Crippen LogP contribution in [0.5, 0.6) is 5.75 Å². The van der Waals surface area contributed by atoms with Crippen LogP contribution in [-0.4, -0.2) is 34.0 Å². The topological polar surface area (TPSA) is 111 Å². The fraction of sp³-hybridized carbons (Fsp3) is 0.316. The van der Waals surface area contributed by atoms with Crippen LogP contribution in [0.25, 0.3) is 0 Å². The number of ether oxygens (including phenoxy) is 1. The number of carbonyl (C=O) groups is 1. The number of amides is 1. The van der Waals surface area contributed by atoms with Crippen LogP contribution in [0, 0.1) is 13.8 Å². The minimum Gasteiger partial charge on any atom is -0.493 e. The molecule has 9 heteroatoms. The average Bonchev–Trinajstić information content (AvgIpc) is 2.62. The summed E-state index contributed by atoms with van der Waals surface area (Å²) in [5.41, 5.74) is 7.88. The smallest absolute Gasteiger partial charge is 0.240 e. The van der Waals surface area contributed by atoms with E-state index in [0.29, 0.717) is 5.69 Å². The lowest BCUT2D eigenvalue weighted by Gasteiger charge is -2.11. The zero-order valence-electron chi connectivity index (χ0n) is 15.9. The van der Waals surface area contributed by atoms with E-state index in [1.54, 1.807) is 12.1 Å². The lowest BCUT2D eigenvalue weighted by Crippen LogP contribution is -2.29. The van der Waals surface area contributed by atoms with Crippen molar-refractivity contribution in [2.75, 3.05) is 25.0 Å². The monoisotopic (exact) mass is 427 g/mol. The maximum absolute atomic E-state index is 12.1. The van der Waals surface area contributed by atoms with E-state index in [1.807, 2.05) is 32.0 Å². The number of halogens is 1. The van der Waals surface area contributed by atoms with E-state index in [4.69, 9.17) is 10.5 Å². The van der Waals surface area contributed by atoms with Crippen LogP contribution in [0.1, 0.15) is 17.5 Å². The quantitative estimate of drug-likeness (QED) is 0.569. The van der Waals surface area contributed by atoms with Gasteiger partial charge in [-0.25, -0.2) is 13.1 Å². The number of nitrogens with one attached hydrogen (secondary N) is 2. The van der Waals surface area contributed by atoms with E-state index in [9.17, 15) is 13.2 Å². The van der Waals surface area contributed by atoms with Gasteiger partial charge in [0.1, 0.15) is 5.75 Å². The first kappa shape index (κ1) is 23.9. The van der Waals surface area contributed by atoms with Crippen molar-refractivity contribution >= 4 is 34.0 Å². The van der Waals surface area contributed by atoms with E-state index in [-0.39, 0.29) is 49.3 Å². The number of carbonyl (C=O) groups excluding carboxylic acids is 1. The van der Waals surface area contributed by atoms with Crippen molar-refractivity contribution in [1.82, 2.24) is 4.72 Å². The first-order valence-electron chi connectivity index (χ1n) is 8.61. The number of hydrogen-bond donors (Lipinski definition) is 3. The molecule has 0 aromatic heterocycles. The zero-order chi connectivity index (χ0) is 19.9. The van der Waals surface area contributed by atoms with Crippen molar-refractivity contribution in [1.29, 1.82) is 0 Å². The lowest BCUT2D eigenvalue weighted by atomic mass is 10.1. The fourth-order valence-corrected chi connectivity index (χ4v) is 3.55. The van der Waals surface area contributed by atoms with E-state index in [1.165, 1.54) is 12.1 Å². The zero-order valence-corrected chi connectivity index (χ0v) is 17.5. The minimum atomic E-state index is -3.65. The summed E-state index contributed by atoms with van der Waals surface area (Å²) < 4.78 is 32.3. The first-order chi connectivity index (χ1) is 12.8. The molecule has 0 saturated carbocycles. The van der Waals surface area contributed by atoms with Crippen LogP contribution in [0.4, 0.5) is 5.69 Å². The predicted octanol–water partition coefficient (Wildman–Crippen LogP) is 2.37. The number of nitrogens with two attached hydrogens (primary N) is 1. The van der Waals surface area contributed by atoms with Gasteiger partial charge in [-0.3, -0.25) is 4.79 Å². The van der Waals surface area contributed by atoms with Gasteiger partial charge in [0.2, 0.25) is 15.9 Å². The Hall–Kier alpha value is -2.13. The highest BCUT2D eigenvalue weighted by atomic mass is 35.5. The molecule has 0 heterocycles. The Bertz CT molecular complexity index is 904. The van der Waals surface area contributed by atoms with Crippen LogP contribution in [0.3, 0.4) is 0 Å². The fourth-order valence-electron chi connectivity index (χ4n) is 2.46. The molecule has 2 rings (SSSR count). The van der Waals surface area contributed by atoms with Gasteiger partial charge in [0.25, 0.3) is 0 Å². The summed E-state index contributed by atoms with van der Waals surface area (Å²) in [4.78, 5) is 12.2. The summed E-state index contributed by atoms with van der Waals surface area (Å²) in [6.45, 7) is 4.54. The Morgan fingerprint density at radius 3 is 2.57 bits per heavy atom. The molecule has 1 amide bonds. The van der Waals surface area contributed by atoms with Gasteiger partial charge in [-0.15, -0.1) is 12.4 Å². The molecule has 7 nitrogen and oxygen atoms in total. The van der Waals surface area contributed by atoms with Gasteiger partial charge in [-0.2, -0.15) is 0 Å². The standard InChI is InChI=1S/C19H25N3O4S.ClH/c1-14-6-7-18(15(2)12-14)26-11-8-19(23)22-16-4-3-5-17(13-16)27(24,25)21-10-9-20;/h3-7,12-13,21H,8-11,20H2,1-2H3,(H,22,23);1H. The van der Waals surface area contributed by atoms with Crippen molar-refractivity contribution in [3.05, 3.63) is 53.6 Å². The predicted molar refractivity (Wildman–Crippen MR) is 113 cm³/mol. The maximum Gasteiger partial charge on any atom is 0.240 e. The molecule has 0 bridgehead atoms. The van der Waals surface area contributed by atoms with E-state index in [0.717, 1.165) is 16.9 Å². The summed E-state index contributed by atoms with van der Waals surface area (Å²) in [7, 11) is -3.65. The highest BCUT2D eigenvalue weighted by Gasteiger charge is 2.14. The van der Waals surface area contributed by atoms with Crippen molar-refractivity contribution in [3.63, 3.8) is 0 Å². The second-order valence-electron chi connectivity index (χ2n) is 6.13. The molecule has 0 atom stereocenters. The van der Waals surface area contributed by atoms with Crippen molar-refractivity contribution in [2.24, 2.45) is 5.73 Å². The van der Waals surface area contributed by atoms with Gasteiger partial charge in [-0.05, 0) is 43.7 Å². The van der Waals surface area contributed by atoms with Crippen molar-refractivity contribution < 1.29 is 17.9 Å². The summed E-state index contributed by atoms with van der Waals surface area (Å²) in [5.74, 6) is 0.483. The Balaban J connectivity index is 0.00000392. The lowest BCUT2D eigenvalue weighted by molar-refractivity contribution is -0.116. The molecule has 28 heavy (non-hydrogen) atoms. The third kappa shape index (κ3) is 7.12. The minimum absolute atomic E-state index is 0. The molecule has 2 aromatic rings. The molecule has 154 valence electrons. The molecule has 0 radical (unpaired) electrons. The summed E-state index contributed by atoms with van der Waals surface area (Å²) >= 11 is 0. The molecular formula is C19H26ClN3O4S. The normalized spacial score (nSPS) is 10.8. The van der Waals surface area contributed by atoms with Gasteiger partial charge < -0.3 is 15.8 Å². The van der Waals surface area contributed by atoms with E-state index >= 15 is 0 Å². The Kier molecular flexibility index (Phi) is 9.40. The van der Waals surface area contributed by atoms with E-state index < -0.39 is 10.0 Å². The molecule has 2 aromatic carbocycles. The van der Waals surface area contributed by atoms with Crippen LogP contribution < -0.4 is 20.5 Å². The third-order valence-electron chi connectivity index (χ3n) is 3.78.